The Kier molecular flexibility index (Phi) is 6.80. The van der Waals surface area contributed by atoms with Crippen LogP contribution in [0.15, 0.2) is 21.5 Å². The lowest BCUT2D eigenvalue weighted by atomic mass is 10.1. The summed E-state index contributed by atoms with van der Waals surface area (Å²) in [6.07, 6.45) is 0. The minimum atomic E-state index is -3.58. The molecule has 0 fully saturated rings. The van der Waals surface area contributed by atoms with Gasteiger partial charge in [-0.2, -0.15) is 4.31 Å². The molecular weight excluding hydrogens is 356 g/mol. The summed E-state index contributed by atoms with van der Waals surface area (Å²) in [4.78, 5) is 0.290. The fourth-order valence-electron chi connectivity index (χ4n) is 2.04. The quantitative estimate of drug-likeness (QED) is 0.789. The number of hydrogen-bond acceptors (Lipinski definition) is 4. The SMILES string of the molecule is CNCc1cc(C)c(Br)c(S(=O)(=O)N(C)C(C)COC)c1. The van der Waals surface area contributed by atoms with Crippen LogP contribution in [0.5, 0.6) is 0 Å². The van der Waals surface area contributed by atoms with Crippen LogP contribution in [0.2, 0.25) is 0 Å². The van der Waals surface area contributed by atoms with Gasteiger partial charge in [-0.3, -0.25) is 0 Å². The number of sulfonamides is 1. The highest BCUT2D eigenvalue weighted by molar-refractivity contribution is 9.10. The smallest absolute Gasteiger partial charge is 0.244 e. The number of likely N-dealkylation sites (N-methyl/N-ethyl adjacent to an activating group) is 1. The van der Waals surface area contributed by atoms with Crippen LogP contribution in [-0.2, 0) is 21.3 Å². The molecule has 5 nitrogen and oxygen atoms in total. The summed E-state index contributed by atoms with van der Waals surface area (Å²) >= 11 is 3.40. The first-order valence-corrected chi connectivity index (χ1v) is 8.89. The van der Waals surface area contributed by atoms with Crippen LogP contribution in [0.25, 0.3) is 0 Å². The van der Waals surface area contributed by atoms with Crippen LogP contribution in [0.1, 0.15) is 18.1 Å². The van der Waals surface area contributed by atoms with Gasteiger partial charge in [0.1, 0.15) is 0 Å². The molecule has 0 bridgehead atoms. The molecule has 0 saturated heterocycles. The Labute approximate surface area is 135 Å². The average Bonchev–Trinajstić information content (AvgIpc) is 2.42. The number of aryl methyl sites for hydroxylation is 1. The molecule has 0 saturated carbocycles. The maximum atomic E-state index is 12.8. The van der Waals surface area contributed by atoms with Crippen molar-refractivity contribution in [1.29, 1.82) is 0 Å². The molecule has 1 atom stereocenters. The molecule has 21 heavy (non-hydrogen) atoms. The van der Waals surface area contributed by atoms with Gasteiger partial charge in [-0.25, -0.2) is 8.42 Å². The zero-order valence-electron chi connectivity index (χ0n) is 13.1. The minimum absolute atomic E-state index is 0.236. The molecule has 7 heteroatoms. The van der Waals surface area contributed by atoms with Gasteiger partial charge in [0.15, 0.2) is 0 Å². The fourth-order valence-corrected chi connectivity index (χ4v) is 4.42. The van der Waals surface area contributed by atoms with Crippen molar-refractivity contribution in [3.63, 3.8) is 0 Å². The van der Waals surface area contributed by atoms with Gasteiger partial charge in [0.2, 0.25) is 10.0 Å². The standard InChI is InChI=1S/C14H23BrN2O3S/c1-10-6-12(8-16-3)7-13(14(10)15)21(18,19)17(4)11(2)9-20-5/h6-7,11,16H,8-9H2,1-5H3. The molecule has 0 aliphatic heterocycles. The molecule has 0 amide bonds. The molecule has 0 spiro atoms. The molecule has 120 valence electrons. The van der Waals surface area contributed by atoms with Crippen LogP contribution < -0.4 is 5.32 Å². The van der Waals surface area contributed by atoms with Crippen LogP contribution in [0.4, 0.5) is 0 Å². The van der Waals surface area contributed by atoms with E-state index in [1.807, 2.05) is 27.0 Å². The summed E-state index contributed by atoms with van der Waals surface area (Å²) in [6, 6.07) is 3.44. The summed E-state index contributed by atoms with van der Waals surface area (Å²) in [5.74, 6) is 0. The van der Waals surface area contributed by atoms with E-state index in [1.54, 1.807) is 20.2 Å². The van der Waals surface area contributed by atoms with Crippen molar-refractivity contribution in [2.24, 2.45) is 0 Å². The summed E-state index contributed by atoms with van der Waals surface area (Å²) in [5.41, 5.74) is 1.83. The van der Waals surface area contributed by atoms with Crippen molar-refractivity contribution < 1.29 is 13.2 Å². The van der Waals surface area contributed by atoms with Crippen molar-refractivity contribution in [3.05, 3.63) is 27.7 Å². The third-order valence-electron chi connectivity index (χ3n) is 3.35. The molecule has 1 N–H and O–H groups in total. The third-order valence-corrected chi connectivity index (χ3v) is 6.66. The van der Waals surface area contributed by atoms with Crippen LogP contribution in [-0.4, -0.2) is 46.6 Å². The maximum Gasteiger partial charge on any atom is 0.244 e. The largest absolute Gasteiger partial charge is 0.383 e. The van der Waals surface area contributed by atoms with Crippen molar-refractivity contribution in [2.75, 3.05) is 27.8 Å². The first kappa shape index (κ1) is 18.6. The van der Waals surface area contributed by atoms with E-state index in [4.69, 9.17) is 4.74 Å². The second-order valence-electron chi connectivity index (χ2n) is 5.08. The van der Waals surface area contributed by atoms with Gasteiger partial charge in [-0.1, -0.05) is 6.07 Å². The summed E-state index contributed by atoms with van der Waals surface area (Å²) in [6.45, 7) is 4.68. The van der Waals surface area contributed by atoms with Crippen molar-refractivity contribution in [3.8, 4) is 0 Å². The molecule has 1 aromatic rings. The topological polar surface area (TPSA) is 58.6 Å². The van der Waals surface area contributed by atoms with Crippen LogP contribution in [0, 0.1) is 6.92 Å². The highest BCUT2D eigenvalue weighted by Crippen LogP contribution is 2.30. The second kappa shape index (κ2) is 7.69. The predicted molar refractivity (Wildman–Crippen MR) is 87.9 cm³/mol. The Bertz CT molecular complexity index is 590. The number of benzene rings is 1. The fraction of sp³-hybridized carbons (Fsp3) is 0.571. The van der Waals surface area contributed by atoms with Crippen LogP contribution in [0.3, 0.4) is 0 Å². The van der Waals surface area contributed by atoms with Crippen molar-refractivity contribution >= 4 is 26.0 Å². The van der Waals surface area contributed by atoms with Crippen molar-refractivity contribution in [2.45, 2.75) is 31.3 Å². The number of halogens is 1. The second-order valence-corrected chi connectivity index (χ2v) is 7.84. The Morgan fingerprint density at radius 2 is 2.05 bits per heavy atom. The van der Waals surface area contributed by atoms with Crippen LogP contribution >= 0.6 is 15.9 Å². The first-order valence-electron chi connectivity index (χ1n) is 6.66. The minimum Gasteiger partial charge on any atom is -0.383 e. The monoisotopic (exact) mass is 378 g/mol. The molecule has 0 aliphatic rings. The molecule has 1 aromatic carbocycles. The van der Waals surface area contributed by atoms with Gasteiger partial charge in [-0.15, -0.1) is 0 Å². The van der Waals surface area contributed by atoms with Gasteiger partial charge in [0, 0.05) is 31.2 Å². The van der Waals surface area contributed by atoms with Crippen molar-refractivity contribution in [1.82, 2.24) is 9.62 Å². The molecule has 1 rings (SSSR count). The number of nitrogens with zero attached hydrogens (tertiary/aromatic N) is 1. The average molecular weight is 379 g/mol. The molecule has 0 aliphatic carbocycles. The van der Waals surface area contributed by atoms with Gasteiger partial charge in [0.05, 0.1) is 11.5 Å². The Morgan fingerprint density at radius 3 is 2.57 bits per heavy atom. The zero-order chi connectivity index (χ0) is 16.2. The number of nitrogens with one attached hydrogen (secondary N) is 1. The number of hydrogen-bond donors (Lipinski definition) is 1. The lowest BCUT2D eigenvalue weighted by molar-refractivity contribution is 0.149. The lowest BCUT2D eigenvalue weighted by Gasteiger charge is -2.25. The summed E-state index contributed by atoms with van der Waals surface area (Å²) in [5, 5.41) is 3.04. The first-order chi connectivity index (χ1) is 9.75. The lowest BCUT2D eigenvalue weighted by Crippen LogP contribution is -2.38. The van der Waals surface area contributed by atoms with Gasteiger partial charge < -0.3 is 10.1 Å². The molecular formula is C14H23BrN2O3S. The summed E-state index contributed by atoms with van der Waals surface area (Å²) in [7, 11) is 1.39. The van der Waals surface area contributed by atoms with E-state index in [0.29, 0.717) is 22.5 Å². The molecule has 0 aromatic heterocycles. The van der Waals surface area contributed by atoms with E-state index in [9.17, 15) is 8.42 Å². The Morgan fingerprint density at radius 1 is 1.43 bits per heavy atom. The Hall–Kier alpha value is -0.470. The predicted octanol–water partition coefficient (Wildman–Crippen LogP) is 2.13. The normalized spacial score (nSPS) is 13.7. The molecule has 0 radical (unpaired) electrons. The maximum absolute atomic E-state index is 12.8. The highest BCUT2D eigenvalue weighted by Gasteiger charge is 2.28. The molecule has 1 unspecified atom stereocenters. The summed E-state index contributed by atoms with van der Waals surface area (Å²) < 4.78 is 32.6. The van der Waals surface area contributed by atoms with E-state index in [2.05, 4.69) is 21.2 Å². The van der Waals surface area contributed by atoms with E-state index in [1.165, 1.54) is 4.31 Å². The molecule has 0 heterocycles. The Balaban J connectivity index is 3.30. The highest BCUT2D eigenvalue weighted by atomic mass is 79.9. The van der Waals surface area contributed by atoms with Gasteiger partial charge in [0.25, 0.3) is 0 Å². The van der Waals surface area contributed by atoms with Gasteiger partial charge in [-0.05, 0) is 54.0 Å². The van der Waals surface area contributed by atoms with E-state index in [-0.39, 0.29) is 6.04 Å². The third kappa shape index (κ3) is 4.26. The number of methoxy groups -OCH3 is 1. The van der Waals surface area contributed by atoms with E-state index in [0.717, 1.165) is 11.1 Å². The number of ether oxygens (including phenoxy) is 1. The van der Waals surface area contributed by atoms with E-state index >= 15 is 0 Å². The van der Waals surface area contributed by atoms with E-state index < -0.39 is 10.0 Å². The number of rotatable bonds is 7. The van der Waals surface area contributed by atoms with Gasteiger partial charge >= 0.3 is 0 Å². The zero-order valence-corrected chi connectivity index (χ0v) is 15.5.